The summed E-state index contributed by atoms with van der Waals surface area (Å²) in [7, 11) is -3.27. The Kier molecular flexibility index (Phi) is 3.85. The molecule has 1 heterocycles. The zero-order chi connectivity index (χ0) is 10.7. The van der Waals surface area contributed by atoms with Gasteiger partial charge in [0.1, 0.15) is 5.60 Å². The maximum Gasteiger partial charge on any atom is 0.208 e. The Morgan fingerprint density at radius 1 is 1.64 bits per heavy atom. The van der Waals surface area contributed by atoms with E-state index >= 15 is 0 Å². The van der Waals surface area contributed by atoms with Gasteiger partial charge in [0.15, 0.2) is 0 Å². The minimum absolute atomic E-state index is 0.0289. The molecule has 1 saturated heterocycles. The first kappa shape index (κ1) is 11.9. The molecule has 0 aromatic carbocycles. The number of β-amino-alcohol motifs (C(OH)–C–C–N with tert-alkyl or cyclic N) is 1. The van der Waals surface area contributed by atoms with Crippen molar-refractivity contribution in [3.63, 3.8) is 0 Å². The van der Waals surface area contributed by atoms with Crippen molar-refractivity contribution in [2.45, 2.75) is 5.60 Å². The Morgan fingerprint density at radius 2 is 2.36 bits per heavy atom. The van der Waals surface area contributed by atoms with Gasteiger partial charge in [0, 0.05) is 19.6 Å². The van der Waals surface area contributed by atoms with Gasteiger partial charge >= 0.3 is 0 Å². The fourth-order valence-corrected chi connectivity index (χ4v) is 1.69. The van der Waals surface area contributed by atoms with E-state index in [-0.39, 0.29) is 13.2 Å². The smallest absolute Gasteiger partial charge is 0.208 e. The van der Waals surface area contributed by atoms with Crippen LogP contribution in [0.1, 0.15) is 0 Å². The van der Waals surface area contributed by atoms with Crippen LogP contribution in [0.15, 0.2) is 0 Å². The molecule has 0 bridgehead atoms. The summed E-state index contributed by atoms with van der Waals surface area (Å²) in [6, 6.07) is 0. The molecule has 0 aromatic rings. The third-order valence-electron chi connectivity index (χ3n) is 1.91. The Balaban J connectivity index is 2.47. The van der Waals surface area contributed by atoms with Crippen LogP contribution < -0.4 is 10.0 Å². The van der Waals surface area contributed by atoms with E-state index in [2.05, 4.69) is 10.0 Å². The summed E-state index contributed by atoms with van der Waals surface area (Å²) in [6.45, 7) is 1.64. The van der Waals surface area contributed by atoms with Gasteiger partial charge in [0.05, 0.1) is 19.5 Å². The second kappa shape index (κ2) is 4.54. The van der Waals surface area contributed by atoms with Crippen molar-refractivity contribution in [3.8, 4) is 0 Å². The lowest BCUT2D eigenvalue weighted by atomic mass is 10.1. The van der Waals surface area contributed by atoms with E-state index < -0.39 is 15.6 Å². The normalized spacial score (nSPS) is 29.9. The highest BCUT2D eigenvalue weighted by atomic mass is 32.2. The fourth-order valence-electron chi connectivity index (χ4n) is 1.16. The summed E-state index contributed by atoms with van der Waals surface area (Å²) < 4.78 is 29.0. The van der Waals surface area contributed by atoms with Gasteiger partial charge in [-0.15, -0.1) is 0 Å². The predicted molar refractivity (Wildman–Crippen MR) is 51.5 cm³/mol. The van der Waals surface area contributed by atoms with Gasteiger partial charge < -0.3 is 15.2 Å². The molecule has 1 rings (SSSR count). The Hall–Kier alpha value is -0.210. The van der Waals surface area contributed by atoms with E-state index in [0.717, 1.165) is 6.26 Å². The molecular formula is C7H16N2O4S. The number of aliphatic hydroxyl groups is 1. The van der Waals surface area contributed by atoms with Crippen LogP contribution in [0.2, 0.25) is 0 Å². The van der Waals surface area contributed by atoms with E-state index in [0.29, 0.717) is 19.7 Å². The lowest BCUT2D eigenvalue weighted by molar-refractivity contribution is -0.0229. The number of hydrogen-bond donors (Lipinski definition) is 3. The number of ether oxygens (including phenoxy) is 1. The first-order valence-corrected chi connectivity index (χ1v) is 6.26. The summed E-state index contributed by atoms with van der Waals surface area (Å²) in [5.74, 6) is 0. The van der Waals surface area contributed by atoms with E-state index in [1.54, 1.807) is 0 Å². The minimum Gasteiger partial charge on any atom is -0.385 e. The van der Waals surface area contributed by atoms with Crippen LogP contribution in [-0.2, 0) is 14.8 Å². The molecule has 6 nitrogen and oxygen atoms in total. The molecule has 1 fully saturated rings. The molecule has 0 saturated carbocycles. The third-order valence-corrected chi connectivity index (χ3v) is 2.58. The highest BCUT2D eigenvalue weighted by molar-refractivity contribution is 7.88. The van der Waals surface area contributed by atoms with Gasteiger partial charge in [-0.05, 0) is 0 Å². The summed E-state index contributed by atoms with van der Waals surface area (Å²) in [4.78, 5) is 0. The molecule has 3 N–H and O–H groups in total. The molecule has 84 valence electrons. The number of nitrogens with one attached hydrogen (secondary N) is 2. The minimum atomic E-state index is -3.27. The molecule has 1 atom stereocenters. The fraction of sp³-hybridized carbons (Fsp3) is 1.00. The Bertz CT molecular complexity index is 269. The van der Waals surface area contributed by atoms with Gasteiger partial charge in [0.25, 0.3) is 0 Å². The van der Waals surface area contributed by atoms with Crippen molar-refractivity contribution in [1.29, 1.82) is 0 Å². The second-order valence-electron chi connectivity index (χ2n) is 3.55. The lowest BCUT2D eigenvalue weighted by Gasteiger charge is -2.25. The molecule has 0 spiro atoms. The summed E-state index contributed by atoms with van der Waals surface area (Å²) in [5, 5.41) is 12.9. The van der Waals surface area contributed by atoms with Gasteiger partial charge in [-0.1, -0.05) is 0 Å². The van der Waals surface area contributed by atoms with Crippen LogP contribution in [0, 0.1) is 0 Å². The summed E-state index contributed by atoms with van der Waals surface area (Å²) in [5.41, 5.74) is -1.15. The van der Waals surface area contributed by atoms with Gasteiger partial charge in [0.2, 0.25) is 10.0 Å². The average Bonchev–Trinajstić information content (AvgIpc) is 2.27. The van der Waals surface area contributed by atoms with Crippen LogP contribution in [0.4, 0.5) is 0 Å². The maximum absolute atomic E-state index is 10.8. The highest BCUT2D eigenvalue weighted by Gasteiger charge is 2.29. The molecule has 0 radical (unpaired) electrons. The molecular weight excluding hydrogens is 208 g/mol. The average molecular weight is 224 g/mol. The van der Waals surface area contributed by atoms with Gasteiger partial charge in [-0.2, -0.15) is 0 Å². The van der Waals surface area contributed by atoms with Crippen molar-refractivity contribution in [1.82, 2.24) is 10.0 Å². The predicted octanol–water partition coefficient (Wildman–Crippen LogP) is -2.11. The van der Waals surface area contributed by atoms with Gasteiger partial charge in [-0.3, -0.25) is 0 Å². The van der Waals surface area contributed by atoms with Crippen LogP contribution in [0.25, 0.3) is 0 Å². The first-order chi connectivity index (χ1) is 6.41. The number of hydrogen-bond acceptors (Lipinski definition) is 5. The number of sulfonamides is 1. The molecule has 1 aliphatic rings. The molecule has 14 heavy (non-hydrogen) atoms. The monoisotopic (exact) mass is 224 g/mol. The van der Waals surface area contributed by atoms with Crippen LogP contribution in [-0.4, -0.2) is 58.2 Å². The van der Waals surface area contributed by atoms with Crippen molar-refractivity contribution < 1.29 is 18.3 Å². The highest BCUT2D eigenvalue weighted by Crippen LogP contribution is 2.05. The van der Waals surface area contributed by atoms with Crippen molar-refractivity contribution in [3.05, 3.63) is 0 Å². The topological polar surface area (TPSA) is 87.7 Å². The SMILES string of the molecule is CS(=O)(=O)NC[C@]1(O)CNCCOC1. The third kappa shape index (κ3) is 4.34. The quantitative estimate of drug-likeness (QED) is 0.510. The molecule has 0 aromatic heterocycles. The van der Waals surface area contributed by atoms with E-state index in [1.165, 1.54) is 0 Å². The Labute approximate surface area is 83.7 Å². The van der Waals surface area contributed by atoms with Crippen LogP contribution >= 0.6 is 0 Å². The summed E-state index contributed by atoms with van der Waals surface area (Å²) in [6.07, 6.45) is 1.06. The lowest BCUT2D eigenvalue weighted by Crippen LogP contribution is -2.51. The van der Waals surface area contributed by atoms with Crippen molar-refractivity contribution >= 4 is 10.0 Å². The zero-order valence-electron chi connectivity index (χ0n) is 8.12. The van der Waals surface area contributed by atoms with Crippen molar-refractivity contribution in [2.75, 3.05) is 39.1 Å². The largest absolute Gasteiger partial charge is 0.385 e. The first-order valence-electron chi connectivity index (χ1n) is 4.37. The van der Waals surface area contributed by atoms with Crippen LogP contribution in [0.5, 0.6) is 0 Å². The molecule has 0 aliphatic carbocycles. The molecule has 0 unspecified atom stereocenters. The zero-order valence-corrected chi connectivity index (χ0v) is 8.93. The molecule has 7 heteroatoms. The summed E-state index contributed by atoms with van der Waals surface area (Å²) >= 11 is 0. The molecule has 1 aliphatic heterocycles. The van der Waals surface area contributed by atoms with E-state index in [1.807, 2.05) is 0 Å². The number of rotatable bonds is 3. The molecule has 0 amide bonds. The Morgan fingerprint density at radius 3 is 3.00 bits per heavy atom. The van der Waals surface area contributed by atoms with E-state index in [9.17, 15) is 13.5 Å². The van der Waals surface area contributed by atoms with Gasteiger partial charge in [-0.25, -0.2) is 13.1 Å². The second-order valence-corrected chi connectivity index (χ2v) is 5.38. The maximum atomic E-state index is 10.8. The van der Waals surface area contributed by atoms with E-state index in [4.69, 9.17) is 4.74 Å². The van der Waals surface area contributed by atoms with Crippen LogP contribution in [0.3, 0.4) is 0 Å². The van der Waals surface area contributed by atoms with Crippen molar-refractivity contribution in [2.24, 2.45) is 0 Å². The standard InChI is InChI=1S/C7H16N2O4S/c1-14(11,12)9-5-7(10)4-8-2-3-13-6-7/h8-10H,2-6H2,1H3/t7-/m1/s1.